The molecule has 2 nitrogen and oxygen atoms in total. The molecular formula is C10H16O2. The van der Waals surface area contributed by atoms with Crippen LogP contribution in [0.25, 0.3) is 0 Å². The standard InChI is InChI=1S/C10H16O2/c1-3-5-10(9(11)12)6-4-8(2)7-10/h2-7H2,1H3,(H,11,12)/t10-/m1/s1. The van der Waals surface area contributed by atoms with E-state index in [9.17, 15) is 4.79 Å². The van der Waals surface area contributed by atoms with E-state index in [1.807, 2.05) is 6.92 Å². The Morgan fingerprint density at radius 3 is 2.75 bits per heavy atom. The van der Waals surface area contributed by atoms with Crippen molar-refractivity contribution in [1.82, 2.24) is 0 Å². The third-order valence-electron chi connectivity index (χ3n) is 2.73. The Morgan fingerprint density at radius 2 is 2.42 bits per heavy atom. The number of hydrogen-bond donors (Lipinski definition) is 1. The first-order chi connectivity index (χ1) is 5.60. The van der Waals surface area contributed by atoms with Gasteiger partial charge in [0.2, 0.25) is 0 Å². The Labute approximate surface area is 73.3 Å². The summed E-state index contributed by atoms with van der Waals surface area (Å²) in [5.74, 6) is -0.636. The van der Waals surface area contributed by atoms with E-state index in [1.54, 1.807) is 0 Å². The van der Waals surface area contributed by atoms with Crippen LogP contribution in [0, 0.1) is 5.41 Å². The van der Waals surface area contributed by atoms with E-state index in [0.717, 1.165) is 31.3 Å². The van der Waals surface area contributed by atoms with Crippen LogP contribution in [0.1, 0.15) is 39.0 Å². The van der Waals surface area contributed by atoms with Crippen molar-refractivity contribution in [3.8, 4) is 0 Å². The van der Waals surface area contributed by atoms with Gasteiger partial charge in [-0.3, -0.25) is 4.79 Å². The summed E-state index contributed by atoms with van der Waals surface area (Å²) in [5.41, 5.74) is 0.636. The highest BCUT2D eigenvalue weighted by atomic mass is 16.4. The monoisotopic (exact) mass is 168 g/mol. The van der Waals surface area contributed by atoms with Gasteiger partial charge in [0.15, 0.2) is 0 Å². The molecule has 1 N–H and O–H groups in total. The van der Waals surface area contributed by atoms with Crippen LogP contribution in [0.3, 0.4) is 0 Å². The summed E-state index contributed by atoms with van der Waals surface area (Å²) in [6.45, 7) is 5.88. The van der Waals surface area contributed by atoms with Crippen molar-refractivity contribution in [3.63, 3.8) is 0 Å². The molecule has 1 saturated carbocycles. The smallest absolute Gasteiger partial charge is 0.309 e. The zero-order valence-electron chi connectivity index (χ0n) is 7.60. The number of rotatable bonds is 3. The molecular weight excluding hydrogens is 152 g/mol. The van der Waals surface area contributed by atoms with Crippen molar-refractivity contribution in [2.24, 2.45) is 5.41 Å². The maximum Gasteiger partial charge on any atom is 0.309 e. The third-order valence-corrected chi connectivity index (χ3v) is 2.73. The molecule has 0 bridgehead atoms. The Morgan fingerprint density at radius 1 is 1.75 bits per heavy atom. The molecule has 0 aromatic carbocycles. The number of allylic oxidation sites excluding steroid dienone is 1. The second-order valence-corrected chi connectivity index (χ2v) is 3.76. The van der Waals surface area contributed by atoms with Gasteiger partial charge in [0.05, 0.1) is 5.41 Å². The van der Waals surface area contributed by atoms with Crippen LogP contribution in [0.4, 0.5) is 0 Å². The highest BCUT2D eigenvalue weighted by Crippen LogP contribution is 2.44. The van der Waals surface area contributed by atoms with Gasteiger partial charge in [-0.15, -0.1) is 0 Å². The lowest BCUT2D eigenvalue weighted by Gasteiger charge is -2.22. The summed E-state index contributed by atoms with van der Waals surface area (Å²) in [6.07, 6.45) is 4.11. The van der Waals surface area contributed by atoms with Crippen molar-refractivity contribution < 1.29 is 9.90 Å². The van der Waals surface area contributed by atoms with Gasteiger partial charge in [-0.1, -0.05) is 25.5 Å². The summed E-state index contributed by atoms with van der Waals surface area (Å²) in [4.78, 5) is 11.0. The van der Waals surface area contributed by atoms with E-state index in [0.29, 0.717) is 6.42 Å². The molecule has 0 amide bonds. The summed E-state index contributed by atoms with van der Waals surface area (Å²) in [6, 6.07) is 0. The zero-order valence-corrected chi connectivity index (χ0v) is 7.60. The first kappa shape index (κ1) is 9.30. The van der Waals surface area contributed by atoms with Gasteiger partial charge in [-0.25, -0.2) is 0 Å². The zero-order chi connectivity index (χ0) is 9.19. The van der Waals surface area contributed by atoms with Gasteiger partial charge in [0, 0.05) is 0 Å². The van der Waals surface area contributed by atoms with Crippen LogP contribution in [-0.2, 0) is 4.79 Å². The minimum absolute atomic E-state index is 0.466. The Balaban J connectivity index is 2.74. The number of carboxylic acid groups (broad SMARTS) is 1. The second-order valence-electron chi connectivity index (χ2n) is 3.76. The van der Waals surface area contributed by atoms with Crippen LogP contribution in [-0.4, -0.2) is 11.1 Å². The fourth-order valence-electron chi connectivity index (χ4n) is 2.05. The van der Waals surface area contributed by atoms with Crippen LogP contribution >= 0.6 is 0 Å². The van der Waals surface area contributed by atoms with E-state index in [2.05, 4.69) is 6.58 Å². The normalized spacial score (nSPS) is 29.2. The van der Waals surface area contributed by atoms with E-state index in [-0.39, 0.29) is 0 Å². The predicted octanol–water partition coefficient (Wildman–Crippen LogP) is 2.60. The average molecular weight is 168 g/mol. The lowest BCUT2D eigenvalue weighted by Crippen LogP contribution is -2.27. The predicted molar refractivity (Wildman–Crippen MR) is 48.0 cm³/mol. The average Bonchev–Trinajstić information content (AvgIpc) is 2.34. The fourth-order valence-corrected chi connectivity index (χ4v) is 2.05. The minimum Gasteiger partial charge on any atom is -0.481 e. The van der Waals surface area contributed by atoms with Crippen LogP contribution in [0.5, 0.6) is 0 Å². The maximum atomic E-state index is 11.0. The largest absolute Gasteiger partial charge is 0.481 e. The summed E-state index contributed by atoms with van der Waals surface area (Å²) >= 11 is 0. The summed E-state index contributed by atoms with van der Waals surface area (Å²) in [5, 5.41) is 9.07. The van der Waals surface area contributed by atoms with Crippen molar-refractivity contribution >= 4 is 5.97 Å². The maximum absolute atomic E-state index is 11.0. The highest BCUT2D eigenvalue weighted by Gasteiger charge is 2.41. The molecule has 12 heavy (non-hydrogen) atoms. The minimum atomic E-state index is -0.636. The van der Waals surface area contributed by atoms with Crippen molar-refractivity contribution in [1.29, 1.82) is 0 Å². The molecule has 1 rings (SSSR count). The molecule has 0 spiro atoms. The van der Waals surface area contributed by atoms with Crippen molar-refractivity contribution in [3.05, 3.63) is 12.2 Å². The molecule has 1 atom stereocenters. The molecule has 0 aromatic heterocycles. The molecule has 1 aliphatic carbocycles. The SMILES string of the molecule is C=C1CC[C@@](CCC)(C(=O)O)C1. The molecule has 0 heterocycles. The van der Waals surface area contributed by atoms with Gasteiger partial charge in [-0.2, -0.15) is 0 Å². The Bertz CT molecular complexity index is 208. The van der Waals surface area contributed by atoms with Crippen molar-refractivity contribution in [2.75, 3.05) is 0 Å². The topological polar surface area (TPSA) is 37.3 Å². The molecule has 0 aromatic rings. The third kappa shape index (κ3) is 1.52. The van der Waals surface area contributed by atoms with Crippen LogP contribution < -0.4 is 0 Å². The molecule has 2 heteroatoms. The van der Waals surface area contributed by atoms with Gasteiger partial charge >= 0.3 is 5.97 Å². The summed E-state index contributed by atoms with van der Waals surface area (Å²) in [7, 11) is 0. The van der Waals surface area contributed by atoms with E-state index in [4.69, 9.17) is 5.11 Å². The number of hydrogen-bond acceptors (Lipinski definition) is 1. The van der Waals surface area contributed by atoms with E-state index < -0.39 is 11.4 Å². The molecule has 68 valence electrons. The van der Waals surface area contributed by atoms with Gasteiger partial charge in [0.1, 0.15) is 0 Å². The molecule has 0 aliphatic heterocycles. The van der Waals surface area contributed by atoms with Gasteiger partial charge < -0.3 is 5.11 Å². The fraction of sp³-hybridized carbons (Fsp3) is 0.700. The van der Waals surface area contributed by atoms with Crippen LogP contribution in [0.15, 0.2) is 12.2 Å². The molecule has 1 fully saturated rings. The lowest BCUT2D eigenvalue weighted by molar-refractivity contribution is -0.148. The Kier molecular flexibility index (Phi) is 2.55. The number of carbonyl (C=O) groups is 1. The lowest BCUT2D eigenvalue weighted by atomic mass is 9.82. The van der Waals surface area contributed by atoms with Gasteiger partial charge in [0.25, 0.3) is 0 Å². The molecule has 1 aliphatic rings. The molecule has 0 unspecified atom stereocenters. The first-order valence-corrected chi connectivity index (χ1v) is 4.51. The molecule has 0 saturated heterocycles. The number of carboxylic acids is 1. The molecule has 0 radical (unpaired) electrons. The van der Waals surface area contributed by atoms with Crippen molar-refractivity contribution in [2.45, 2.75) is 39.0 Å². The van der Waals surface area contributed by atoms with E-state index in [1.165, 1.54) is 0 Å². The summed E-state index contributed by atoms with van der Waals surface area (Å²) < 4.78 is 0. The van der Waals surface area contributed by atoms with E-state index >= 15 is 0 Å². The van der Waals surface area contributed by atoms with Crippen LogP contribution in [0.2, 0.25) is 0 Å². The quantitative estimate of drug-likeness (QED) is 0.658. The first-order valence-electron chi connectivity index (χ1n) is 4.51. The highest BCUT2D eigenvalue weighted by molar-refractivity contribution is 5.75. The van der Waals surface area contributed by atoms with Gasteiger partial charge in [-0.05, 0) is 25.7 Å². The Hall–Kier alpha value is -0.790. The number of aliphatic carboxylic acids is 1. The second kappa shape index (κ2) is 3.30.